The molecule has 1 aromatic rings. The fraction of sp³-hybridized carbons (Fsp3) is 0.462. The van der Waals surface area contributed by atoms with Crippen LogP contribution in [0.15, 0.2) is 17.5 Å². The molecule has 2 amide bonds. The molecule has 0 bridgehead atoms. The van der Waals surface area contributed by atoms with Crippen LogP contribution in [-0.2, 0) is 9.59 Å². The smallest absolute Gasteiger partial charge is 0.305 e. The molecule has 0 aromatic carbocycles. The molecule has 1 rings (SSSR count). The van der Waals surface area contributed by atoms with Crippen molar-refractivity contribution in [3.63, 3.8) is 0 Å². The topological polar surface area (TPSA) is 95.5 Å². The van der Waals surface area contributed by atoms with Crippen molar-refractivity contribution in [2.45, 2.75) is 38.8 Å². The minimum Gasteiger partial charge on any atom is -0.481 e. The third kappa shape index (κ3) is 5.00. The van der Waals surface area contributed by atoms with Gasteiger partial charge in [-0.3, -0.25) is 14.4 Å². The van der Waals surface area contributed by atoms with Crippen molar-refractivity contribution in [3.8, 4) is 0 Å². The summed E-state index contributed by atoms with van der Waals surface area (Å²) in [7, 11) is 0. The highest BCUT2D eigenvalue weighted by Crippen LogP contribution is 2.08. The molecular weight excluding hydrogens is 280 g/mol. The van der Waals surface area contributed by atoms with Crippen molar-refractivity contribution in [1.29, 1.82) is 0 Å². The van der Waals surface area contributed by atoms with Crippen LogP contribution in [0.3, 0.4) is 0 Å². The average Bonchev–Trinajstić information content (AvgIpc) is 2.90. The molecule has 110 valence electrons. The zero-order valence-corrected chi connectivity index (χ0v) is 12.2. The number of amides is 2. The Morgan fingerprint density at radius 3 is 2.55 bits per heavy atom. The third-order valence-electron chi connectivity index (χ3n) is 2.75. The summed E-state index contributed by atoms with van der Waals surface area (Å²) in [6.07, 6.45) is 0.386. The molecular formula is C13H18N2O4S. The van der Waals surface area contributed by atoms with E-state index in [-0.39, 0.29) is 18.2 Å². The van der Waals surface area contributed by atoms with E-state index in [2.05, 4.69) is 10.6 Å². The number of thiophene rings is 1. The van der Waals surface area contributed by atoms with Gasteiger partial charge in [-0.2, -0.15) is 0 Å². The Hall–Kier alpha value is -1.89. The summed E-state index contributed by atoms with van der Waals surface area (Å²) in [5.41, 5.74) is 0. The maximum absolute atomic E-state index is 11.9. The second kappa shape index (κ2) is 7.64. The number of carboxylic acid groups (broad SMARTS) is 1. The molecule has 3 N–H and O–H groups in total. The van der Waals surface area contributed by atoms with Gasteiger partial charge in [-0.15, -0.1) is 11.3 Å². The molecule has 2 atom stereocenters. The molecule has 1 heterocycles. The number of nitrogens with one attached hydrogen (secondary N) is 2. The normalized spacial score (nSPS) is 13.3. The predicted octanol–water partition coefficient (Wildman–Crippen LogP) is 1.24. The molecule has 0 saturated heterocycles. The van der Waals surface area contributed by atoms with Gasteiger partial charge in [-0.05, 0) is 24.8 Å². The first-order chi connectivity index (χ1) is 9.43. The van der Waals surface area contributed by atoms with Gasteiger partial charge in [0, 0.05) is 6.04 Å². The van der Waals surface area contributed by atoms with Crippen molar-refractivity contribution in [2.75, 3.05) is 0 Å². The molecule has 7 heteroatoms. The minimum atomic E-state index is -0.965. The highest BCUT2D eigenvalue weighted by atomic mass is 32.1. The molecule has 6 nitrogen and oxygen atoms in total. The number of carbonyl (C=O) groups excluding carboxylic acids is 2. The first-order valence-corrected chi connectivity index (χ1v) is 7.18. The van der Waals surface area contributed by atoms with Gasteiger partial charge < -0.3 is 15.7 Å². The maximum Gasteiger partial charge on any atom is 0.305 e. The second-order valence-electron chi connectivity index (χ2n) is 4.38. The number of aliphatic carboxylic acids is 1. The molecule has 0 spiro atoms. The van der Waals surface area contributed by atoms with Crippen molar-refractivity contribution >= 4 is 29.1 Å². The van der Waals surface area contributed by atoms with Gasteiger partial charge in [0.2, 0.25) is 5.91 Å². The number of hydrogen-bond acceptors (Lipinski definition) is 4. The summed E-state index contributed by atoms with van der Waals surface area (Å²) in [5, 5.41) is 15.7. The Balaban J connectivity index is 2.50. The Morgan fingerprint density at radius 1 is 1.35 bits per heavy atom. The first kappa shape index (κ1) is 16.2. The fourth-order valence-corrected chi connectivity index (χ4v) is 2.20. The molecule has 20 heavy (non-hydrogen) atoms. The largest absolute Gasteiger partial charge is 0.481 e. The van der Waals surface area contributed by atoms with E-state index < -0.39 is 18.1 Å². The SMILES string of the molecule is CCC(CC(=O)O)NC(=O)C(C)NC(=O)c1cccs1. The summed E-state index contributed by atoms with van der Waals surface area (Å²) < 4.78 is 0. The van der Waals surface area contributed by atoms with Crippen molar-refractivity contribution in [3.05, 3.63) is 22.4 Å². The van der Waals surface area contributed by atoms with E-state index in [1.165, 1.54) is 11.3 Å². The van der Waals surface area contributed by atoms with Gasteiger partial charge in [-0.25, -0.2) is 0 Å². The van der Waals surface area contributed by atoms with E-state index in [0.29, 0.717) is 11.3 Å². The molecule has 0 aliphatic heterocycles. The molecule has 0 radical (unpaired) electrons. The van der Waals surface area contributed by atoms with Crippen molar-refractivity contribution < 1.29 is 19.5 Å². The van der Waals surface area contributed by atoms with E-state index in [1.54, 1.807) is 31.4 Å². The number of carboxylic acids is 1. The highest BCUT2D eigenvalue weighted by molar-refractivity contribution is 7.12. The van der Waals surface area contributed by atoms with Gasteiger partial charge in [0.15, 0.2) is 0 Å². The molecule has 2 unspecified atom stereocenters. The third-order valence-corrected chi connectivity index (χ3v) is 3.61. The van der Waals surface area contributed by atoms with E-state index in [4.69, 9.17) is 5.11 Å². The number of rotatable bonds is 7. The van der Waals surface area contributed by atoms with Gasteiger partial charge >= 0.3 is 5.97 Å². The van der Waals surface area contributed by atoms with E-state index in [1.807, 2.05) is 0 Å². The van der Waals surface area contributed by atoms with Crippen LogP contribution in [0.4, 0.5) is 0 Å². The molecule has 0 aliphatic rings. The lowest BCUT2D eigenvalue weighted by Crippen LogP contribution is -2.48. The molecule has 0 fully saturated rings. The zero-order chi connectivity index (χ0) is 15.1. The lowest BCUT2D eigenvalue weighted by atomic mass is 10.1. The number of carbonyl (C=O) groups is 3. The average molecular weight is 298 g/mol. The molecule has 1 aromatic heterocycles. The molecule has 0 aliphatic carbocycles. The number of hydrogen-bond donors (Lipinski definition) is 3. The monoisotopic (exact) mass is 298 g/mol. The Labute approximate surface area is 121 Å². The lowest BCUT2D eigenvalue weighted by Gasteiger charge is -2.19. The van der Waals surface area contributed by atoms with Gasteiger partial charge in [0.25, 0.3) is 5.91 Å². The van der Waals surface area contributed by atoms with Crippen LogP contribution in [-0.4, -0.2) is 35.0 Å². The summed E-state index contributed by atoms with van der Waals surface area (Å²) in [6.45, 7) is 3.36. The van der Waals surface area contributed by atoms with Crippen LogP contribution in [0, 0.1) is 0 Å². The van der Waals surface area contributed by atoms with Crippen LogP contribution < -0.4 is 10.6 Å². The first-order valence-electron chi connectivity index (χ1n) is 6.30. The van der Waals surface area contributed by atoms with Crippen LogP contribution in [0.2, 0.25) is 0 Å². The lowest BCUT2D eigenvalue weighted by molar-refractivity contribution is -0.137. The van der Waals surface area contributed by atoms with Crippen LogP contribution in [0.25, 0.3) is 0 Å². The van der Waals surface area contributed by atoms with E-state index >= 15 is 0 Å². The summed E-state index contributed by atoms with van der Waals surface area (Å²) in [6, 6.07) is 2.28. The summed E-state index contributed by atoms with van der Waals surface area (Å²) >= 11 is 1.29. The van der Waals surface area contributed by atoms with Crippen molar-refractivity contribution in [2.24, 2.45) is 0 Å². The van der Waals surface area contributed by atoms with Gasteiger partial charge in [0.1, 0.15) is 6.04 Å². The van der Waals surface area contributed by atoms with Gasteiger partial charge in [0.05, 0.1) is 11.3 Å². The molecule has 0 saturated carbocycles. The van der Waals surface area contributed by atoms with Gasteiger partial charge in [-0.1, -0.05) is 13.0 Å². The second-order valence-corrected chi connectivity index (χ2v) is 5.33. The zero-order valence-electron chi connectivity index (χ0n) is 11.4. The summed E-state index contributed by atoms with van der Waals surface area (Å²) in [5.74, 6) is -1.66. The minimum absolute atomic E-state index is 0.131. The van der Waals surface area contributed by atoms with Crippen LogP contribution in [0.1, 0.15) is 36.4 Å². The van der Waals surface area contributed by atoms with E-state index in [0.717, 1.165) is 0 Å². The fourth-order valence-electron chi connectivity index (χ4n) is 1.58. The standard InChI is InChI=1S/C13H18N2O4S/c1-3-9(7-11(16)17)15-12(18)8(2)14-13(19)10-5-4-6-20-10/h4-6,8-9H,3,7H2,1-2H3,(H,14,19)(H,15,18)(H,16,17). The highest BCUT2D eigenvalue weighted by Gasteiger charge is 2.20. The Morgan fingerprint density at radius 2 is 2.05 bits per heavy atom. The Bertz CT molecular complexity index is 473. The predicted molar refractivity (Wildman–Crippen MR) is 75.7 cm³/mol. The van der Waals surface area contributed by atoms with E-state index in [9.17, 15) is 14.4 Å². The summed E-state index contributed by atoms with van der Waals surface area (Å²) in [4.78, 5) is 34.8. The maximum atomic E-state index is 11.9. The van der Waals surface area contributed by atoms with Crippen LogP contribution >= 0.6 is 11.3 Å². The quantitative estimate of drug-likeness (QED) is 0.705. The Kier molecular flexibility index (Phi) is 6.17. The van der Waals surface area contributed by atoms with Crippen molar-refractivity contribution in [1.82, 2.24) is 10.6 Å². The van der Waals surface area contributed by atoms with Crippen LogP contribution in [0.5, 0.6) is 0 Å².